The van der Waals surface area contributed by atoms with Crippen molar-refractivity contribution < 1.29 is 26.7 Å². The van der Waals surface area contributed by atoms with Crippen LogP contribution in [0.3, 0.4) is 0 Å². The van der Waals surface area contributed by atoms with Crippen LogP contribution < -0.4 is 0 Å². The maximum Gasteiger partial charge on any atom is 0.248 e. The van der Waals surface area contributed by atoms with Crippen molar-refractivity contribution in [3.63, 3.8) is 0 Å². The van der Waals surface area contributed by atoms with Crippen molar-refractivity contribution in [3.05, 3.63) is 0 Å². The maximum atomic E-state index is 13.3. The van der Waals surface area contributed by atoms with E-state index in [9.17, 15) is 22.0 Å². The number of rotatable bonds is 3. The summed E-state index contributed by atoms with van der Waals surface area (Å²) < 4.78 is 57.4. The Morgan fingerprint density at radius 2 is 1.73 bits per heavy atom. The number of ether oxygens (including phenoxy) is 1. The lowest BCUT2D eigenvalue weighted by atomic mass is 9.86. The molecule has 0 bridgehead atoms. The minimum atomic E-state index is -3.22. The summed E-state index contributed by atoms with van der Waals surface area (Å²) in [5, 5.41) is 0. The second-order valence-corrected chi connectivity index (χ2v) is 9.99. The molecule has 1 amide bonds. The van der Waals surface area contributed by atoms with E-state index in [0.717, 1.165) is 0 Å². The summed E-state index contributed by atoms with van der Waals surface area (Å²) in [7, 11) is -3.22. The Labute approximate surface area is 153 Å². The van der Waals surface area contributed by atoms with Gasteiger partial charge in [-0.15, -0.1) is 0 Å². The number of carbonyl (C=O) groups excluding carboxylic acids is 1. The van der Waals surface area contributed by atoms with Crippen molar-refractivity contribution in [2.75, 3.05) is 39.0 Å². The molecule has 3 rings (SSSR count). The highest BCUT2D eigenvalue weighted by atomic mass is 32.2. The molecule has 0 radical (unpaired) electrons. The Kier molecular flexibility index (Phi) is 5.61. The number of sulfonamides is 1. The fourth-order valence-electron chi connectivity index (χ4n) is 4.27. The Hall–Kier alpha value is -0.800. The molecule has 2 saturated heterocycles. The van der Waals surface area contributed by atoms with Crippen molar-refractivity contribution in [2.45, 2.75) is 56.5 Å². The third kappa shape index (κ3) is 4.72. The molecule has 3 aliphatic rings. The van der Waals surface area contributed by atoms with Gasteiger partial charge in [0.1, 0.15) is 0 Å². The van der Waals surface area contributed by atoms with E-state index in [1.54, 1.807) is 4.90 Å². The van der Waals surface area contributed by atoms with Crippen LogP contribution in [0.15, 0.2) is 0 Å². The van der Waals surface area contributed by atoms with E-state index in [2.05, 4.69) is 0 Å². The van der Waals surface area contributed by atoms with E-state index in [0.29, 0.717) is 58.5 Å². The van der Waals surface area contributed by atoms with Crippen LogP contribution in [0.4, 0.5) is 8.78 Å². The van der Waals surface area contributed by atoms with Crippen LogP contribution in [0.2, 0.25) is 0 Å². The number of alkyl halides is 2. The van der Waals surface area contributed by atoms with Gasteiger partial charge in [-0.2, -0.15) is 0 Å². The molecule has 0 aromatic heterocycles. The van der Waals surface area contributed by atoms with E-state index >= 15 is 0 Å². The van der Waals surface area contributed by atoms with Crippen molar-refractivity contribution in [3.8, 4) is 0 Å². The lowest BCUT2D eigenvalue weighted by Crippen LogP contribution is -2.48. The van der Waals surface area contributed by atoms with Crippen molar-refractivity contribution in [1.82, 2.24) is 9.21 Å². The highest BCUT2D eigenvalue weighted by molar-refractivity contribution is 7.88. The summed E-state index contributed by atoms with van der Waals surface area (Å²) in [5.41, 5.74) is -0.591. The lowest BCUT2D eigenvalue weighted by molar-refractivity contribution is -0.135. The predicted octanol–water partition coefficient (Wildman–Crippen LogP) is 1.85. The Bertz CT molecular complexity index is 623. The van der Waals surface area contributed by atoms with E-state index in [1.807, 2.05) is 0 Å². The molecule has 2 aliphatic heterocycles. The molecule has 6 nitrogen and oxygen atoms in total. The van der Waals surface area contributed by atoms with Crippen LogP contribution in [-0.2, 0) is 19.6 Å². The van der Waals surface area contributed by atoms with Crippen molar-refractivity contribution >= 4 is 15.9 Å². The molecular formula is C17H28F2N2O4S. The Morgan fingerprint density at radius 3 is 2.31 bits per heavy atom. The normalized spacial score (nSPS) is 28.3. The van der Waals surface area contributed by atoms with Gasteiger partial charge in [0, 0.05) is 39.0 Å². The fraction of sp³-hybridized carbons (Fsp3) is 0.941. The van der Waals surface area contributed by atoms with E-state index in [1.165, 1.54) is 10.6 Å². The van der Waals surface area contributed by atoms with Gasteiger partial charge < -0.3 is 9.64 Å². The van der Waals surface area contributed by atoms with Gasteiger partial charge in [0.25, 0.3) is 0 Å². The molecule has 0 atom stereocenters. The first kappa shape index (κ1) is 19.9. The molecule has 1 aliphatic carbocycles. The fourth-order valence-corrected chi connectivity index (χ4v) is 5.12. The summed E-state index contributed by atoms with van der Waals surface area (Å²) >= 11 is 0. The Morgan fingerprint density at radius 1 is 1.12 bits per heavy atom. The van der Waals surface area contributed by atoms with Gasteiger partial charge >= 0.3 is 0 Å². The minimum absolute atomic E-state index is 0.00682. The van der Waals surface area contributed by atoms with Crippen LogP contribution in [0.1, 0.15) is 44.9 Å². The molecule has 150 valence electrons. The number of hydrogen-bond donors (Lipinski definition) is 0. The first-order valence-corrected chi connectivity index (χ1v) is 11.2. The van der Waals surface area contributed by atoms with Gasteiger partial charge in [-0.25, -0.2) is 21.5 Å². The third-order valence-corrected chi connectivity index (χ3v) is 7.32. The van der Waals surface area contributed by atoms with Gasteiger partial charge in [-0.3, -0.25) is 4.79 Å². The molecule has 26 heavy (non-hydrogen) atoms. The SMILES string of the molecule is CS(=O)(=O)N1CCC2(CC1)CC(=O)N(CC1CCC(F)(F)CC1)CCO2. The summed E-state index contributed by atoms with van der Waals surface area (Å²) in [6, 6.07) is 0. The number of amides is 1. The molecule has 0 N–H and O–H groups in total. The number of nitrogens with zero attached hydrogens (tertiary/aromatic N) is 2. The molecule has 1 spiro atoms. The van der Waals surface area contributed by atoms with Crippen LogP contribution in [0.5, 0.6) is 0 Å². The van der Waals surface area contributed by atoms with E-state index < -0.39 is 21.5 Å². The standard InChI is InChI=1S/C17H28F2N2O4S/c1-26(23,24)21-8-6-16(7-9-21)12-15(22)20(10-11-25-16)13-14-2-4-17(18,19)5-3-14/h14H,2-13H2,1H3. The second-order valence-electron chi connectivity index (χ2n) is 8.01. The largest absolute Gasteiger partial charge is 0.373 e. The molecule has 0 aromatic carbocycles. The smallest absolute Gasteiger partial charge is 0.248 e. The second kappa shape index (κ2) is 7.31. The van der Waals surface area contributed by atoms with Crippen LogP contribution in [-0.4, -0.2) is 74.1 Å². The first-order chi connectivity index (χ1) is 12.1. The van der Waals surface area contributed by atoms with E-state index in [4.69, 9.17) is 4.74 Å². The zero-order valence-corrected chi connectivity index (χ0v) is 16.1. The molecule has 0 aromatic rings. The highest BCUT2D eigenvalue weighted by Gasteiger charge is 2.43. The Balaban J connectivity index is 1.56. The quantitative estimate of drug-likeness (QED) is 0.733. The number of halogens is 2. The minimum Gasteiger partial charge on any atom is -0.373 e. The molecule has 9 heteroatoms. The average molecular weight is 394 g/mol. The summed E-state index contributed by atoms with van der Waals surface area (Å²) in [6.45, 7) is 2.13. The summed E-state index contributed by atoms with van der Waals surface area (Å²) in [5.74, 6) is -2.44. The molecule has 0 unspecified atom stereocenters. The number of carbonyl (C=O) groups is 1. The zero-order chi connectivity index (χ0) is 19.0. The number of hydrogen-bond acceptors (Lipinski definition) is 4. The molecule has 3 fully saturated rings. The van der Waals surface area contributed by atoms with Gasteiger partial charge in [0.15, 0.2) is 0 Å². The maximum absolute atomic E-state index is 13.3. The predicted molar refractivity (Wildman–Crippen MR) is 92.4 cm³/mol. The average Bonchev–Trinajstić information content (AvgIpc) is 2.68. The van der Waals surface area contributed by atoms with Gasteiger partial charge in [0.05, 0.1) is 24.9 Å². The summed E-state index contributed by atoms with van der Waals surface area (Å²) in [4.78, 5) is 14.5. The van der Waals surface area contributed by atoms with Gasteiger partial charge in [0.2, 0.25) is 21.9 Å². The topological polar surface area (TPSA) is 66.9 Å². The first-order valence-electron chi connectivity index (χ1n) is 9.33. The van der Waals surface area contributed by atoms with Crippen LogP contribution in [0.25, 0.3) is 0 Å². The lowest BCUT2D eigenvalue weighted by Gasteiger charge is -2.39. The monoisotopic (exact) mass is 394 g/mol. The van der Waals surface area contributed by atoms with Crippen LogP contribution >= 0.6 is 0 Å². The van der Waals surface area contributed by atoms with Gasteiger partial charge in [-0.1, -0.05) is 0 Å². The van der Waals surface area contributed by atoms with Crippen molar-refractivity contribution in [1.29, 1.82) is 0 Å². The number of piperidine rings is 1. The highest BCUT2D eigenvalue weighted by Crippen LogP contribution is 2.37. The van der Waals surface area contributed by atoms with Crippen LogP contribution in [0, 0.1) is 5.92 Å². The third-order valence-electron chi connectivity index (χ3n) is 6.01. The van der Waals surface area contributed by atoms with E-state index in [-0.39, 0.29) is 31.1 Å². The molecule has 2 heterocycles. The van der Waals surface area contributed by atoms with Crippen molar-refractivity contribution in [2.24, 2.45) is 5.92 Å². The summed E-state index contributed by atoms with van der Waals surface area (Å²) in [6.07, 6.45) is 3.17. The zero-order valence-electron chi connectivity index (χ0n) is 15.3. The molecular weight excluding hydrogens is 366 g/mol. The van der Waals surface area contributed by atoms with Gasteiger partial charge in [-0.05, 0) is 31.6 Å². The molecule has 1 saturated carbocycles.